The highest BCUT2D eigenvalue weighted by molar-refractivity contribution is 7.92. The van der Waals surface area contributed by atoms with Crippen LogP contribution in [-0.4, -0.2) is 39.5 Å². The quantitative estimate of drug-likeness (QED) is 0.825. The van der Waals surface area contributed by atoms with Crippen LogP contribution in [-0.2, 0) is 19.9 Å². The summed E-state index contributed by atoms with van der Waals surface area (Å²) in [4.78, 5) is 0.325. The zero-order valence-corrected chi connectivity index (χ0v) is 14.4. The van der Waals surface area contributed by atoms with Crippen molar-refractivity contribution < 1.29 is 16.8 Å². The third-order valence-corrected chi connectivity index (χ3v) is 7.98. The molecular formula is C15H14ClNO4S2. The van der Waals surface area contributed by atoms with Gasteiger partial charge in [-0.25, -0.2) is 16.8 Å². The number of halogens is 1. The fraction of sp³-hybridized carbons (Fsp3) is 0.200. The van der Waals surface area contributed by atoms with Gasteiger partial charge >= 0.3 is 0 Å². The molecule has 0 unspecified atom stereocenters. The first kappa shape index (κ1) is 16.4. The van der Waals surface area contributed by atoms with E-state index in [-0.39, 0.29) is 22.9 Å². The maximum absolute atomic E-state index is 12.5. The minimum absolute atomic E-state index is 0.0395. The predicted octanol–water partition coefficient (Wildman–Crippen LogP) is 2.19. The summed E-state index contributed by atoms with van der Waals surface area (Å²) in [6, 6.07) is 13.9. The van der Waals surface area contributed by atoms with Crippen molar-refractivity contribution >= 4 is 31.5 Å². The van der Waals surface area contributed by atoms with Crippen LogP contribution in [0.4, 0.5) is 0 Å². The average molecular weight is 372 g/mol. The number of nitrogens with zero attached hydrogens (tertiary/aromatic N) is 1. The van der Waals surface area contributed by atoms with Gasteiger partial charge in [-0.2, -0.15) is 4.31 Å². The molecule has 0 saturated carbocycles. The second-order valence-corrected chi connectivity index (χ2v) is 9.86. The van der Waals surface area contributed by atoms with Crippen molar-refractivity contribution in [3.63, 3.8) is 0 Å². The molecule has 5 nitrogen and oxygen atoms in total. The Morgan fingerprint density at radius 1 is 0.826 bits per heavy atom. The van der Waals surface area contributed by atoms with Gasteiger partial charge in [0, 0.05) is 18.1 Å². The first-order chi connectivity index (χ1) is 10.8. The summed E-state index contributed by atoms with van der Waals surface area (Å²) in [5.74, 6) is 0. The lowest BCUT2D eigenvalue weighted by Crippen LogP contribution is -2.56. The molecule has 23 heavy (non-hydrogen) atoms. The Balaban J connectivity index is 1.77. The van der Waals surface area contributed by atoms with Gasteiger partial charge in [0.15, 0.2) is 9.84 Å². The Morgan fingerprint density at radius 3 is 1.96 bits per heavy atom. The van der Waals surface area contributed by atoms with Crippen LogP contribution in [0.15, 0.2) is 64.4 Å². The maximum atomic E-state index is 12.5. The number of hydrogen-bond acceptors (Lipinski definition) is 4. The predicted molar refractivity (Wildman–Crippen MR) is 87.6 cm³/mol. The standard InChI is InChI=1S/C15H14ClNO4S2/c16-12-6-8-13(9-7-12)22(18,19)15-10-17(11-15)23(20,21)14-4-2-1-3-5-14/h1-9,15H,10-11H2. The van der Waals surface area contributed by atoms with E-state index in [0.717, 1.165) is 0 Å². The fourth-order valence-corrected chi connectivity index (χ4v) is 5.87. The molecule has 2 aromatic carbocycles. The van der Waals surface area contributed by atoms with Crippen molar-refractivity contribution in [3.8, 4) is 0 Å². The summed E-state index contributed by atoms with van der Waals surface area (Å²) in [6.07, 6.45) is 0. The van der Waals surface area contributed by atoms with Crippen LogP contribution in [0.2, 0.25) is 5.02 Å². The van der Waals surface area contributed by atoms with Gasteiger partial charge in [-0.1, -0.05) is 29.8 Å². The van der Waals surface area contributed by atoms with Gasteiger partial charge in [0.25, 0.3) is 0 Å². The third-order valence-electron chi connectivity index (χ3n) is 3.78. The number of benzene rings is 2. The second-order valence-electron chi connectivity index (χ2n) is 5.26. The molecule has 1 aliphatic heterocycles. The lowest BCUT2D eigenvalue weighted by molar-refractivity contribution is 0.309. The smallest absolute Gasteiger partial charge is 0.223 e. The number of sulfone groups is 1. The Labute approximate surface area is 140 Å². The molecule has 0 atom stereocenters. The zero-order valence-electron chi connectivity index (χ0n) is 12.0. The summed E-state index contributed by atoms with van der Waals surface area (Å²) < 4.78 is 50.9. The molecule has 0 amide bonds. The molecule has 1 aliphatic rings. The Bertz CT molecular complexity index is 904. The van der Waals surface area contributed by atoms with Gasteiger partial charge in [-0.3, -0.25) is 0 Å². The van der Waals surface area contributed by atoms with E-state index in [1.807, 2.05) is 0 Å². The van der Waals surface area contributed by atoms with Gasteiger partial charge in [-0.15, -0.1) is 0 Å². The molecule has 0 spiro atoms. The van der Waals surface area contributed by atoms with E-state index < -0.39 is 25.1 Å². The van der Waals surface area contributed by atoms with Crippen molar-refractivity contribution in [2.24, 2.45) is 0 Å². The monoisotopic (exact) mass is 371 g/mol. The van der Waals surface area contributed by atoms with E-state index in [0.29, 0.717) is 5.02 Å². The summed E-state index contributed by atoms with van der Waals surface area (Å²) in [5.41, 5.74) is 0. The fourth-order valence-electron chi connectivity index (χ4n) is 2.35. The van der Waals surface area contributed by atoms with Gasteiger partial charge in [0.05, 0.1) is 15.0 Å². The second kappa shape index (κ2) is 5.90. The maximum Gasteiger partial charge on any atom is 0.243 e. The minimum Gasteiger partial charge on any atom is -0.223 e. The van der Waals surface area contributed by atoms with Crippen LogP contribution in [0.1, 0.15) is 0 Å². The van der Waals surface area contributed by atoms with E-state index in [1.165, 1.54) is 40.7 Å². The third kappa shape index (κ3) is 3.01. The Kier molecular flexibility index (Phi) is 4.22. The Morgan fingerprint density at radius 2 is 1.39 bits per heavy atom. The van der Waals surface area contributed by atoms with Crippen LogP contribution in [0.25, 0.3) is 0 Å². The molecule has 0 aliphatic carbocycles. The normalized spacial score (nSPS) is 16.9. The molecule has 3 rings (SSSR count). The Hall–Kier alpha value is -1.41. The van der Waals surface area contributed by atoms with Crippen LogP contribution in [0.3, 0.4) is 0 Å². The van der Waals surface area contributed by atoms with Crippen LogP contribution < -0.4 is 0 Å². The molecule has 0 radical (unpaired) electrons. The van der Waals surface area contributed by atoms with E-state index in [1.54, 1.807) is 18.2 Å². The van der Waals surface area contributed by atoms with E-state index in [2.05, 4.69) is 0 Å². The highest BCUT2D eigenvalue weighted by Crippen LogP contribution is 2.29. The van der Waals surface area contributed by atoms with Crippen LogP contribution in [0.5, 0.6) is 0 Å². The number of sulfonamides is 1. The van der Waals surface area contributed by atoms with Gasteiger partial charge < -0.3 is 0 Å². The first-order valence-electron chi connectivity index (χ1n) is 6.86. The SMILES string of the molecule is O=S(=O)(c1ccc(Cl)cc1)C1CN(S(=O)(=O)c2ccccc2)C1. The van der Waals surface area contributed by atoms with Gasteiger partial charge in [0.2, 0.25) is 10.0 Å². The summed E-state index contributed by atoms with van der Waals surface area (Å²) >= 11 is 5.76. The van der Waals surface area contributed by atoms with Crippen molar-refractivity contribution in [1.29, 1.82) is 0 Å². The molecule has 122 valence electrons. The molecule has 1 fully saturated rings. The highest BCUT2D eigenvalue weighted by Gasteiger charge is 2.44. The highest BCUT2D eigenvalue weighted by atomic mass is 35.5. The van der Waals surface area contributed by atoms with Crippen molar-refractivity contribution in [3.05, 3.63) is 59.6 Å². The molecule has 8 heteroatoms. The summed E-state index contributed by atoms with van der Waals surface area (Å²) in [5, 5.41) is -0.284. The van der Waals surface area contributed by atoms with Crippen LogP contribution >= 0.6 is 11.6 Å². The van der Waals surface area contributed by atoms with Crippen molar-refractivity contribution in [1.82, 2.24) is 4.31 Å². The number of rotatable bonds is 4. The van der Waals surface area contributed by atoms with Crippen molar-refractivity contribution in [2.75, 3.05) is 13.1 Å². The molecule has 1 heterocycles. The molecule has 0 N–H and O–H groups in total. The molecule has 1 saturated heterocycles. The molecular weight excluding hydrogens is 358 g/mol. The molecule has 0 bridgehead atoms. The van der Waals surface area contributed by atoms with Gasteiger partial charge in [-0.05, 0) is 36.4 Å². The average Bonchev–Trinajstić information content (AvgIpc) is 2.46. The minimum atomic E-state index is -3.64. The lowest BCUT2D eigenvalue weighted by atomic mass is 10.3. The first-order valence-corrected chi connectivity index (χ1v) is 10.2. The van der Waals surface area contributed by atoms with Crippen molar-refractivity contribution in [2.45, 2.75) is 15.0 Å². The summed E-state index contributed by atoms with van der Waals surface area (Å²) in [7, 11) is -7.20. The summed E-state index contributed by atoms with van der Waals surface area (Å²) in [6.45, 7) is -0.0790. The van der Waals surface area contributed by atoms with Crippen LogP contribution in [0, 0.1) is 0 Å². The lowest BCUT2D eigenvalue weighted by Gasteiger charge is -2.37. The van der Waals surface area contributed by atoms with Gasteiger partial charge in [0.1, 0.15) is 0 Å². The topological polar surface area (TPSA) is 71.5 Å². The molecule has 0 aromatic heterocycles. The van der Waals surface area contributed by atoms with E-state index in [9.17, 15) is 16.8 Å². The van der Waals surface area contributed by atoms with E-state index in [4.69, 9.17) is 11.6 Å². The largest absolute Gasteiger partial charge is 0.243 e. The zero-order chi connectivity index (χ0) is 16.7. The molecule has 2 aromatic rings. The number of hydrogen-bond donors (Lipinski definition) is 0. The van der Waals surface area contributed by atoms with E-state index >= 15 is 0 Å².